The number of ether oxygens (including phenoxy) is 5. The normalized spacial score (nSPS) is 40.2. The van der Waals surface area contributed by atoms with Crippen LogP contribution in [0.2, 0.25) is 0 Å². The van der Waals surface area contributed by atoms with Crippen LogP contribution in [-0.2, 0) is 47.7 Å². The Morgan fingerprint density at radius 2 is 1.58 bits per heavy atom. The van der Waals surface area contributed by atoms with Crippen molar-refractivity contribution >= 4 is 29.2 Å². The minimum absolute atomic E-state index is 0.0928. The Morgan fingerprint density at radius 3 is 2.26 bits per heavy atom. The number of carbonyl (C=O) groups is 5. The monoisotopic (exact) mass is 916 g/mol. The van der Waals surface area contributed by atoms with Gasteiger partial charge in [0.1, 0.15) is 30.1 Å². The minimum Gasteiger partial charge on any atom is -0.460 e. The fraction of sp³-hybridized carbons (Fsp3) is 0.784. The first-order chi connectivity index (χ1) is 30.7. The van der Waals surface area contributed by atoms with Gasteiger partial charge in [0, 0.05) is 58.5 Å². The summed E-state index contributed by atoms with van der Waals surface area (Å²) in [6, 6.07) is -1.13. The van der Waals surface area contributed by atoms with Crippen LogP contribution in [0, 0.1) is 35.5 Å². The van der Waals surface area contributed by atoms with Crippen molar-refractivity contribution in [3.05, 3.63) is 35.5 Å². The van der Waals surface area contributed by atoms with E-state index in [0.29, 0.717) is 63.4 Å². The van der Waals surface area contributed by atoms with E-state index in [1.54, 1.807) is 41.1 Å². The van der Waals surface area contributed by atoms with Gasteiger partial charge in [-0.2, -0.15) is 0 Å². The molecule has 0 aromatic heterocycles. The zero-order valence-electron chi connectivity index (χ0n) is 40.9. The minimum atomic E-state index is -2.42. The number of aliphatic hydroxyl groups is 3. The highest BCUT2D eigenvalue weighted by Crippen LogP contribution is 2.38. The molecule has 14 heteroatoms. The lowest BCUT2D eigenvalue weighted by atomic mass is 9.78. The Bertz CT molecular complexity index is 1710. The van der Waals surface area contributed by atoms with Gasteiger partial charge in [-0.25, -0.2) is 4.79 Å². The number of nitrogens with zero attached hydrogens (tertiary/aromatic N) is 1. The van der Waals surface area contributed by atoms with Crippen LogP contribution in [0.1, 0.15) is 138 Å². The van der Waals surface area contributed by atoms with Gasteiger partial charge in [0.05, 0.1) is 24.4 Å². The van der Waals surface area contributed by atoms with Crippen molar-refractivity contribution in [3.63, 3.8) is 0 Å². The Kier molecular flexibility index (Phi) is 21.2. The maximum absolute atomic E-state index is 14.4. The molecule has 3 fully saturated rings. The summed E-state index contributed by atoms with van der Waals surface area (Å²) in [5.74, 6) is -7.63. The van der Waals surface area contributed by atoms with Crippen molar-refractivity contribution < 1.29 is 63.0 Å². The Hall–Kier alpha value is -3.11. The molecule has 3 N–H and O–H groups in total. The topological polar surface area (TPSA) is 195 Å². The molecule has 368 valence electrons. The molecule has 3 heterocycles. The van der Waals surface area contributed by atoms with E-state index in [1.807, 2.05) is 32.9 Å². The molecular formula is C51H81NO13. The molecule has 0 radical (unpaired) electrons. The third-order valence-electron chi connectivity index (χ3n) is 14.8. The van der Waals surface area contributed by atoms with E-state index < -0.39 is 83.9 Å². The predicted octanol–water partition coefficient (Wildman–Crippen LogP) is 6.40. The summed E-state index contributed by atoms with van der Waals surface area (Å²) in [5.41, 5.74) is 1.31. The zero-order valence-corrected chi connectivity index (χ0v) is 40.9. The lowest BCUT2D eigenvalue weighted by molar-refractivity contribution is -0.265. The zero-order chi connectivity index (χ0) is 48.2. The number of carbonyl (C=O) groups excluding carboxylic acids is 5. The Balaban J connectivity index is 1.69. The average Bonchev–Trinajstić information content (AvgIpc) is 3.28. The van der Waals surface area contributed by atoms with Gasteiger partial charge in [-0.3, -0.25) is 19.2 Å². The second-order valence-electron chi connectivity index (χ2n) is 20.0. The van der Waals surface area contributed by atoms with Crippen molar-refractivity contribution in [3.8, 4) is 0 Å². The lowest BCUT2D eigenvalue weighted by Crippen LogP contribution is -2.61. The van der Waals surface area contributed by atoms with Crippen LogP contribution < -0.4 is 0 Å². The van der Waals surface area contributed by atoms with Gasteiger partial charge in [-0.05, 0) is 120 Å². The number of hydrogen-bond acceptors (Lipinski definition) is 13. The van der Waals surface area contributed by atoms with E-state index in [2.05, 4.69) is 13.0 Å². The van der Waals surface area contributed by atoms with Gasteiger partial charge in [0.25, 0.3) is 11.7 Å². The van der Waals surface area contributed by atoms with Crippen molar-refractivity contribution in [2.45, 2.75) is 193 Å². The van der Waals surface area contributed by atoms with Crippen LogP contribution in [0.4, 0.5) is 0 Å². The van der Waals surface area contributed by atoms with Crippen LogP contribution in [0.25, 0.3) is 0 Å². The smallest absolute Gasteiger partial charge is 0.329 e. The fourth-order valence-corrected chi connectivity index (χ4v) is 10.4. The number of fused-ring (bicyclic) bond motifs is 3. The van der Waals surface area contributed by atoms with Crippen molar-refractivity contribution in [2.24, 2.45) is 35.5 Å². The van der Waals surface area contributed by atoms with Gasteiger partial charge in [-0.1, -0.05) is 58.9 Å². The molecule has 65 heavy (non-hydrogen) atoms. The number of ketones is 3. The Morgan fingerprint density at radius 1 is 0.862 bits per heavy atom. The third-order valence-corrected chi connectivity index (χ3v) is 14.8. The van der Waals surface area contributed by atoms with E-state index in [9.17, 15) is 39.3 Å². The number of piperidine rings is 1. The second kappa shape index (κ2) is 25.3. The lowest BCUT2D eigenvalue weighted by Gasteiger charge is -2.42. The Labute approximate surface area is 387 Å². The fourth-order valence-electron chi connectivity index (χ4n) is 10.4. The summed E-state index contributed by atoms with van der Waals surface area (Å²) < 4.78 is 29.4. The second-order valence-corrected chi connectivity index (χ2v) is 20.0. The molecule has 4 rings (SSSR count). The number of esters is 1. The van der Waals surface area contributed by atoms with E-state index in [0.717, 1.165) is 24.8 Å². The van der Waals surface area contributed by atoms with Crippen molar-refractivity contribution in [2.75, 3.05) is 27.9 Å². The number of rotatable bonds is 6. The van der Waals surface area contributed by atoms with Crippen LogP contribution in [0.15, 0.2) is 35.5 Å². The standard InChI is InChI=1S/C51H81NO13/c1-30-16-12-11-13-17-31(2)42(61-8)28-38-21-19-36(7)51(60,65-38)48(57)49(58)52-23-15-14-18-39(52)50(59)64-43(33(4)26-37-20-22-40(53)44(27-37)62-9)29-41(54)32(3)25-35(6)46(56)47(63-10)45(55)34(5)24-30/h11,13,17,25,30,32-34,36-40,42-44,46-47,53,56,60H,12,14-16,18-24,26-29H2,1-10H3/b13-11-,31-17+,35-25-/t30?,32-,33-,34-,36-,37+,38+,39+,40-,42+,43+,44-,46?,47+,51?/m1/s1. The van der Waals surface area contributed by atoms with Gasteiger partial charge < -0.3 is 43.9 Å². The predicted molar refractivity (Wildman–Crippen MR) is 245 cm³/mol. The van der Waals surface area contributed by atoms with Crippen LogP contribution in [-0.4, -0.2) is 132 Å². The van der Waals surface area contributed by atoms with E-state index in [-0.39, 0.29) is 54.8 Å². The van der Waals surface area contributed by atoms with E-state index in [1.165, 1.54) is 12.0 Å². The SMILES string of the molecule is CO[C@H]1C[C@@H]2CC[C@@H](C)C(O)(O2)C(=O)C(=O)N2CCCC[C@H]2C(=O)O[C@H]([C@H](C)C[C@@H]2CC[C@@H](O)[C@H](OC)C2)CC(=O)[C@H](C)/C=C(/C)C(O)[C@@H](OC)C(=O)[C@H](C)CC(C)CC/C=C\C=C\1C. The van der Waals surface area contributed by atoms with Crippen LogP contribution >= 0.6 is 0 Å². The largest absolute Gasteiger partial charge is 0.460 e. The number of Topliss-reactive ketones (excluding diaryl/α,β-unsaturated/α-hetero) is 3. The summed E-state index contributed by atoms with van der Waals surface area (Å²) in [6.45, 7) is 12.9. The van der Waals surface area contributed by atoms with E-state index in [4.69, 9.17) is 23.7 Å². The van der Waals surface area contributed by atoms with Crippen LogP contribution in [0.5, 0.6) is 0 Å². The molecule has 2 bridgehead atoms. The number of amides is 1. The molecule has 0 aromatic rings. The van der Waals surface area contributed by atoms with E-state index >= 15 is 0 Å². The highest BCUT2D eigenvalue weighted by molar-refractivity contribution is 6.39. The molecule has 4 aliphatic rings. The maximum atomic E-state index is 14.4. The first kappa shape index (κ1) is 54.5. The quantitative estimate of drug-likeness (QED) is 0.151. The molecular weight excluding hydrogens is 835 g/mol. The molecule has 15 atom stereocenters. The molecule has 1 saturated carbocycles. The van der Waals surface area contributed by atoms with Crippen molar-refractivity contribution in [1.29, 1.82) is 0 Å². The van der Waals surface area contributed by atoms with Crippen LogP contribution in [0.3, 0.4) is 0 Å². The maximum Gasteiger partial charge on any atom is 0.329 e. The number of hydrogen-bond donors (Lipinski definition) is 3. The average molecular weight is 916 g/mol. The number of methoxy groups -OCH3 is 3. The molecule has 2 saturated heterocycles. The molecule has 1 aliphatic carbocycles. The van der Waals surface area contributed by atoms with Gasteiger partial charge in [0.15, 0.2) is 5.78 Å². The highest BCUT2D eigenvalue weighted by atomic mass is 16.6. The summed E-state index contributed by atoms with van der Waals surface area (Å²) in [4.78, 5) is 71.8. The molecule has 0 aromatic carbocycles. The first-order valence-electron chi connectivity index (χ1n) is 24.2. The summed E-state index contributed by atoms with van der Waals surface area (Å²) in [6.07, 6.45) is 9.47. The summed E-state index contributed by atoms with van der Waals surface area (Å²) >= 11 is 0. The molecule has 1 amide bonds. The molecule has 3 aliphatic heterocycles. The highest BCUT2D eigenvalue weighted by Gasteiger charge is 2.53. The van der Waals surface area contributed by atoms with Crippen molar-refractivity contribution in [1.82, 2.24) is 4.90 Å². The van der Waals surface area contributed by atoms with Gasteiger partial charge in [-0.15, -0.1) is 0 Å². The number of cyclic esters (lactones) is 1. The van der Waals surface area contributed by atoms with Gasteiger partial charge >= 0.3 is 5.97 Å². The number of allylic oxidation sites excluding steroid dienone is 4. The molecule has 3 unspecified atom stereocenters. The summed E-state index contributed by atoms with van der Waals surface area (Å²) in [5, 5.41) is 33.9. The first-order valence-corrected chi connectivity index (χ1v) is 24.2. The number of aliphatic hydroxyl groups excluding tert-OH is 2. The van der Waals surface area contributed by atoms with Gasteiger partial charge in [0.2, 0.25) is 5.79 Å². The molecule has 0 spiro atoms. The molecule has 14 nitrogen and oxygen atoms in total. The summed E-state index contributed by atoms with van der Waals surface area (Å²) in [7, 11) is 4.55. The third kappa shape index (κ3) is 14.4.